The molecule has 4 rings (SSSR count). The lowest BCUT2D eigenvalue weighted by Gasteiger charge is -2.15. The average molecular weight is 491 g/mol. The summed E-state index contributed by atoms with van der Waals surface area (Å²) in [6.45, 7) is 0. The van der Waals surface area contributed by atoms with Gasteiger partial charge in [-0.25, -0.2) is 4.79 Å². The van der Waals surface area contributed by atoms with Gasteiger partial charge < -0.3 is 19.3 Å². The van der Waals surface area contributed by atoms with Crippen LogP contribution < -0.4 is 14.2 Å². The van der Waals surface area contributed by atoms with Crippen LogP contribution in [0.3, 0.4) is 0 Å². The summed E-state index contributed by atoms with van der Waals surface area (Å²) < 4.78 is 24.3. The van der Waals surface area contributed by atoms with Crippen LogP contribution in [0.1, 0.15) is 21.5 Å². The number of carbonyl (C=O) groups excluding carboxylic acids is 1. The molecular weight excluding hydrogens is 468 g/mol. The highest BCUT2D eigenvalue weighted by Gasteiger charge is 2.25. The number of ether oxygens (including phenoxy) is 3. The zero-order chi connectivity index (χ0) is 24.9. The number of aromatic nitrogens is 2. The second kappa shape index (κ2) is 10.4. The van der Waals surface area contributed by atoms with Crippen LogP contribution in [0.4, 0.5) is 0 Å². The van der Waals surface area contributed by atoms with Crippen LogP contribution in [-0.4, -0.2) is 46.9 Å². The van der Waals surface area contributed by atoms with E-state index in [1.165, 1.54) is 21.3 Å². The molecule has 1 aromatic heterocycles. The Hall–Kier alpha value is -4.24. The normalized spacial score (nSPS) is 11.6. The number of rotatable bonds is 9. The van der Waals surface area contributed by atoms with E-state index in [9.17, 15) is 14.7 Å². The zero-order valence-electron chi connectivity index (χ0n) is 19.3. The van der Waals surface area contributed by atoms with Crippen molar-refractivity contribution in [1.29, 1.82) is 0 Å². The quantitative estimate of drug-likeness (QED) is 0.266. The number of carbonyl (C=O) groups is 2. The van der Waals surface area contributed by atoms with Crippen molar-refractivity contribution in [3.05, 3.63) is 82.9 Å². The number of Topliss-reactive ketones (excluding diaryl/α,β-unsaturated/α-hetero) is 1. The summed E-state index contributed by atoms with van der Waals surface area (Å²) in [5, 5.41) is 10.3. The molecule has 0 aliphatic heterocycles. The van der Waals surface area contributed by atoms with Gasteiger partial charge in [0.15, 0.2) is 17.3 Å². The van der Waals surface area contributed by atoms with E-state index in [1.807, 2.05) is 0 Å². The zero-order valence-corrected chi connectivity index (χ0v) is 20.1. The number of benzene rings is 3. The Bertz CT molecular complexity index is 1430. The van der Waals surface area contributed by atoms with Crippen molar-refractivity contribution in [2.75, 3.05) is 21.3 Å². The number of hydrogen-bond donors (Lipinski definition) is 1. The maximum Gasteiger partial charge on any atom is 0.336 e. The van der Waals surface area contributed by atoms with Crippen molar-refractivity contribution in [1.82, 2.24) is 8.75 Å². The molecular formula is C26H22N2O6S. The predicted octanol–water partition coefficient (Wildman–Crippen LogP) is 4.68. The lowest BCUT2D eigenvalue weighted by atomic mass is 9.89. The molecule has 178 valence electrons. The Labute approximate surface area is 205 Å². The summed E-state index contributed by atoms with van der Waals surface area (Å²) in [6, 6.07) is 16.7. The van der Waals surface area contributed by atoms with Gasteiger partial charge in [0.05, 0.1) is 38.6 Å². The predicted molar refractivity (Wildman–Crippen MR) is 133 cm³/mol. The minimum atomic E-state index is -1.22. The van der Waals surface area contributed by atoms with Gasteiger partial charge in [0, 0.05) is 17.6 Å². The van der Waals surface area contributed by atoms with E-state index in [2.05, 4.69) is 8.75 Å². The smallest absolute Gasteiger partial charge is 0.336 e. The summed E-state index contributed by atoms with van der Waals surface area (Å²) in [5.41, 5.74) is 2.65. The Morgan fingerprint density at radius 3 is 2.14 bits per heavy atom. The van der Waals surface area contributed by atoms with E-state index in [4.69, 9.17) is 14.2 Å². The van der Waals surface area contributed by atoms with Gasteiger partial charge in [0.25, 0.3) is 0 Å². The molecule has 35 heavy (non-hydrogen) atoms. The van der Waals surface area contributed by atoms with Crippen LogP contribution in [0.15, 0.2) is 66.2 Å². The molecule has 1 N–H and O–H groups in total. The third-order valence-electron chi connectivity index (χ3n) is 5.51. The van der Waals surface area contributed by atoms with Gasteiger partial charge in [-0.3, -0.25) is 4.79 Å². The van der Waals surface area contributed by atoms with E-state index < -0.39 is 11.8 Å². The van der Waals surface area contributed by atoms with Crippen LogP contribution in [0, 0.1) is 0 Å². The fraction of sp³-hybridized carbons (Fsp3) is 0.154. The van der Waals surface area contributed by atoms with Gasteiger partial charge in [-0.2, -0.15) is 8.75 Å². The number of allylic oxidation sites excluding steroid dienone is 1. The summed E-state index contributed by atoms with van der Waals surface area (Å²) in [7, 11) is 4.58. The minimum absolute atomic E-state index is 0.0558. The molecule has 0 aliphatic rings. The first-order valence-corrected chi connectivity index (χ1v) is 11.3. The van der Waals surface area contributed by atoms with Crippen molar-refractivity contribution in [3.63, 3.8) is 0 Å². The van der Waals surface area contributed by atoms with Gasteiger partial charge in [-0.05, 0) is 59.7 Å². The maximum atomic E-state index is 13.7. The number of hydrogen-bond acceptors (Lipinski definition) is 8. The second-order valence-electron chi connectivity index (χ2n) is 7.55. The lowest BCUT2D eigenvalue weighted by molar-refractivity contribution is -0.130. The first-order chi connectivity index (χ1) is 16.9. The molecule has 9 heteroatoms. The largest absolute Gasteiger partial charge is 0.497 e. The van der Waals surface area contributed by atoms with E-state index in [1.54, 1.807) is 60.7 Å². The van der Waals surface area contributed by atoms with Gasteiger partial charge in [-0.15, -0.1) is 0 Å². The topological polar surface area (TPSA) is 108 Å². The molecule has 4 aromatic rings. The molecule has 0 atom stereocenters. The number of methoxy groups -OCH3 is 3. The Balaban J connectivity index is 1.89. The highest BCUT2D eigenvalue weighted by molar-refractivity contribution is 7.00. The average Bonchev–Trinajstić information content (AvgIpc) is 3.35. The van der Waals surface area contributed by atoms with Crippen LogP contribution in [0.25, 0.3) is 16.6 Å². The third-order valence-corrected chi connectivity index (χ3v) is 6.07. The number of fused-ring (bicyclic) bond motifs is 1. The molecule has 0 saturated carbocycles. The fourth-order valence-electron chi connectivity index (χ4n) is 3.76. The van der Waals surface area contributed by atoms with Crippen molar-refractivity contribution in [2.24, 2.45) is 0 Å². The summed E-state index contributed by atoms with van der Waals surface area (Å²) in [6.07, 6.45) is 0.0558. The first-order valence-electron chi connectivity index (χ1n) is 10.5. The molecule has 0 fully saturated rings. The Morgan fingerprint density at radius 2 is 1.49 bits per heavy atom. The van der Waals surface area contributed by atoms with Crippen molar-refractivity contribution >= 4 is 40.1 Å². The van der Waals surface area contributed by atoms with Crippen molar-refractivity contribution in [2.45, 2.75) is 6.42 Å². The molecule has 0 aliphatic carbocycles. The molecule has 0 radical (unpaired) electrons. The number of carboxylic acid groups (broad SMARTS) is 1. The van der Waals surface area contributed by atoms with Crippen LogP contribution >= 0.6 is 11.7 Å². The number of aliphatic carboxylic acids is 1. The van der Waals surface area contributed by atoms with Crippen LogP contribution in [-0.2, 0) is 11.2 Å². The van der Waals surface area contributed by atoms with E-state index in [0.29, 0.717) is 45.0 Å². The molecule has 3 aromatic carbocycles. The molecule has 1 heterocycles. The number of ketones is 1. The van der Waals surface area contributed by atoms with Crippen LogP contribution in [0.2, 0.25) is 0 Å². The Kier molecular flexibility index (Phi) is 7.07. The van der Waals surface area contributed by atoms with Crippen molar-refractivity contribution in [3.8, 4) is 17.2 Å². The molecule has 0 unspecified atom stereocenters. The number of nitrogens with zero attached hydrogens (tertiary/aromatic N) is 2. The second-order valence-corrected chi connectivity index (χ2v) is 8.08. The number of carboxylic acids is 1. The highest BCUT2D eigenvalue weighted by Crippen LogP contribution is 2.32. The van der Waals surface area contributed by atoms with Crippen molar-refractivity contribution < 1.29 is 28.9 Å². The third kappa shape index (κ3) is 4.99. The monoisotopic (exact) mass is 490 g/mol. The van der Waals surface area contributed by atoms with Crippen LogP contribution in [0.5, 0.6) is 17.2 Å². The standard InChI is InChI=1S/C26H22N2O6S/c1-32-18-8-5-16(6-9-18)25(29)19(12-15-4-11-22(33-2)23(13-15)34-3)24(26(30)31)17-7-10-20-21(14-17)28-35-27-20/h4-11,13-14H,12H2,1-3H3,(H,30,31)/b24-19+. The lowest BCUT2D eigenvalue weighted by Crippen LogP contribution is -2.14. The molecule has 8 nitrogen and oxygen atoms in total. The van der Waals surface area contributed by atoms with Gasteiger partial charge in [0.2, 0.25) is 0 Å². The molecule has 0 amide bonds. The molecule has 0 saturated heterocycles. The van der Waals surface area contributed by atoms with Gasteiger partial charge >= 0.3 is 5.97 Å². The van der Waals surface area contributed by atoms with Gasteiger partial charge in [0.1, 0.15) is 16.8 Å². The van der Waals surface area contributed by atoms with E-state index in [0.717, 1.165) is 11.7 Å². The first kappa shape index (κ1) is 23.9. The summed E-state index contributed by atoms with van der Waals surface area (Å²) >= 11 is 1.04. The Morgan fingerprint density at radius 1 is 0.800 bits per heavy atom. The van der Waals surface area contributed by atoms with E-state index in [-0.39, 0.29) is 17.6 Å². The highest BCUT2D eigenvalue weighted by atomic mass is 32.1. The summed E-state index contributed by atoms with van der Waals surface area (Å²) in [5.74, 6) is -0.0237. The molecule has 0 spiro atoms. The fourth-order valence-corrected chi connectivity index (χ4v) is 4.28. The minimum Gasteiger partial charge on any atom is -0.497 e. The SMILES string of the molecule is COc1ccc(C(=O)/C(Cc2ccc(OC)c(OC)c2)=C(/C(=O)O)c2ccc3nsnc3c2)cc1. The van der Waals surface area contributed by atoms with Gasteiger partial charge in [-0.1, -0.05) is 12.1 Å². The maximum absolute atomic E-state index is 13.7. The van der Waals surface area contributed by atoms with E-state index >= 15 is 0 Å². The molecule has 0 bridgehead atoms. The summed E-state index contributed by atoms with van der Waals surface area (Å²) in [4.78, 5) is 26.3.